The summed E-state index contributed by atoms with van der Waals surface area (Å²) in [5, 5.41) is 5.45. The number of rotatable bonds is 1. The van der Waals surface area contributed by atoms with Gasteiger partial charge in [0.2, 0.25) is 3.79 Å². The molecule has 1 heterocycles. The highest BCUT2D eigenvalue weighted by Gasteiger charge is 2.45. The summed E-state index contributed by atoms with van der Waals surface area (Å²) < 4.78 is 11.4. The van der Waals surface area contributed by atoms with Crippen LogP contribution in [0.3, 0.4) is 0 Å². The molecule has 0 N–H and O–H groups in total. The molecule has 0 saturated carbocycles. The maximum atomic E-state index is 13.1. The number of alkyl halides is 3. The van der Waals surface area contributed by atoms with Crippen molar-refractivity contribution in [1.82, 2.24) is 10.1 Å². The maximum absolute atomic E-state index is 13.1. The molecule has 0 saturated heterocycles. The van der Waals surface area contributed by atoms with Crippen molar-refractivity contribution in [2.75, 3.05) is 0 Å². The van der Waals surface area contributed by atoms with Crippen LogP contribution in [0, 0.1) is 0 Å². The van der Waals surface area contributed by atoms with E-state index in [2.05, 4.69) is 5.10 Å². The van der Waals surface area contributed by atoms with Crippen molar-refractivity contribution in [3.8, 4) is 0 Å². The van der Waals surface area contributed by atoms with Crippen LogP contribution in [0.15, 0.2) is 5.10 Å². The smallest absolute Gasteiger partial charge is 0.232 e. The maximum Gasteiger partial charge on any atom is 0.232 e. The predicted octanol–water partition coefficient (Wildman–Crippen LogP) is 2.54. The van der Waals surface area contributed by atoms with E-state index >= 15 is 0 Å². The van der Waals surface area contributed by atoms with E-state index in [0.717, 1.165) is 6.34 Å². The zero-order chi connectivity index (χ0) is 10.2. The van der Waals surface area contributed by atoms with E-state index < -0.39 is 9.96 Å². The van der Waals surface area contributed by atoms with Gasteiger partial charge in [0, 0.05) is 6.04 Å². The highest BCUT2D eigenvalue weighted by molar-refractivity contribution is 6.68. The summed E-state index contributed by atoms with van der Waals surface area (Å²) in [4.78, 5) is 0. The van der Waals surface area contributed by atoms with Crippen LogP contribution in [-0.4, -0.2) is 32.5 Å². The minimum Gasteiger partial charge on any atom is -0.263 e. The Labute approximate surface area is 91.0 Å². The van der Waals surface area contributed by atoms with E-state index in [-0.39, 0.29) is 11.2 Å². The highest BCUT2D eigenvalue weighted by atomic mass is 35.6. The topological polar surface area (TPSA) is 18.8 Å². The number of hydrazone groups is 1. The monoisotopic (exact) mass is 247 g/mol. The van der Waals surface area contributed by atoms with E-state index in [1.54, 1.807) is 0 Å². The summed E-state index contributed by atoms with van der Waals surface area (Å²) in [5.41, 5.74) is 0. The number of hydrogen-bond donors (Lipinski definition) is 0. The summed E-state index contributed by atoms with van der Waals surface area (Å²) in [6.07, 6.45) is 0.00419. The first-order valence-electron chi connectivity index (χ1n) is 3.67. The molecule has 1 unspecified atom stereocenters. The molecule has 1 atom stereocenters. The second-order valence-electron chi connectivity index (χ2n) is 2.96. The lowest BCUT2D eigenvalue weighted by Gasteiger charge is -2.32. The zero-order valence-electron chi connectivity index (χ0n) is 7.09. The normalized spacial score (nSPS) is 23.5. The van der Waals surface area contributed by atoms with Crippen LogP contribution in [0.1, 0.15) is 13.8 Å². The first kappa shape index (κ1) is 11.1. The molecule has 0 aromatic carbocycles. The second kappa shape index (κ2) is 3.67. The van der Waals surface area contributed by atoms with E-state index in [1.807, 2.05) is 13.8 Å². The van der Waals surface area contributed by atoms with Gasteiger partial charge < -0.3 is 0 Å². The molecular weight excluding hydrogens is 239 g/mol. The van der Waals surface area contributed by atoms with Crippen LogP contribution >= 0.6 is 34.8 Å². The van der Waals surface area contributed by atoms with Gasteiger partial charge in [-0.15, -0.1) is 0 Å². The van der Waals surface area contributed by atoms with E-state index in [4.69, 9.17) is 34.8 Å². The molecule has 7 heteroatoms. The Balaban J connectivity index is 2.82. The van der Waals surface area contributed by atoms with Crippen molar-refractivity contribution >= 4 is 41.1 Å². The molecule has 1 aliphatic heterocycles. The van der Waals surface area contributed by atoms with Gasteiger partial charge in [-0.1, -0.05) is 39.3 Å². The van der Waals surface area contributed by atoms with Crippen molar-refractivity contribution in [3.63, 3.8) is 0 Å². The van der Waals surface area contributed by atoms with Crippen LogP contribution in [-0.2, 0) is 0 Å². The fourth-order valence-corrected chi connectivity index (χ4v) is 1.63. The number of nitrogens with zero attached hydrogens (tertiary/aromatic N) is 3. The van der Waals surface area contributed by atoms with Gasteiger partial charge in [0.15, 0.2) is 6.17 Å². The molecule has 76 valence electrons. The van der Waals surface area contributed by atoms with Crippen LogP contribution in [0.4, 0.5) is 4.48 Å². The quantitative estimate of drug-likeness (QED) is 0.524. The molecule has 0 aliphatic carbocycles. The van der Waals surface area contributed by atoms with Gasteiger partial charge in [0.25, 0.3) is 0 Å². The molecule has 0 fully saturated rings. The first-order chi connectivity index (χ1) is 5.84. The van der Waals surface area contributed by atoms with E-state index in [0.29, 0.717) is 0 Å². The summed E-state index contributed by atoms with van der Waals surface area (Å²) in [6.45, 7) is 3.67. The lowest BCUT2D eigenvalue weighted by molar-refractivity contribution is -0.00606. The Kier molecular flexibility index (Phi) is 3.15. The van der Waals surface area contributed by atoms with Crippen LogP contribution in [0.25, 0.3) is 0 Å². The molecular formula is C6H9Cl3FN3. The second-order valence-corrected chi connectivity index (χ2v) is 5.33. The van der Waals surface area contributed by atoms with E-state index in [1.165, 1.54) is 5.01 Å². The van der Waals surface area contributed by atoms with Crippen LogP contribution < -0.4 is 0 Å². The van der Waals surface area contributed by atoms with Gasteiger partial charge in [-0.05, 0) is 13.8 Å². The SMILES string of the molecule is CC(C)N1N=CN(F)C1C(Cl)(Cl)Cl. The third kappa shape index (κ3) is 2.30. The number of hydrogen-bond acceptors (Lipinski definition) is 3. The Morgan fingerprint density at radius 3 is 2.31 bits per heavy atom. The Morgan fingerprint density at radius 2 is 2.00 bits per heavy atom. The van der Waals surface area contributed by atoms with Crippen molar-refractivity contribution in [1.29, 1.82) is 0 Å². The average molecular weight is 249 g/mol. The summed E-state index contributed by atoms with van der Waals surface area (Å²) >= 11 is 16.8. The third-order valence-corrected chi connectivity index (χ3v) is 2.19. The largest absolute Gasteiger partial charge is 0.263 e. The van der Waals surface area contributed by atoms with Crippen molar-refractivity contribution in [2.45, 2.75) is 29.8 Å². The van der Waals surface area contributed by atoms with Gasteiger partial charge in [-0.3, -0.25) is 5.01 Å². The molecule has 1 aliphatic rings. The number of halogens is 4. The van der Waals surface area contributed by atoms with Gasteiger partial charge >= 0.3 is 0 Å². The predicted molar refractivity (Wildman–Crippen MR) is 52.5 cm³/mol. The van der Waals surface area contributed by atoms with Crippen LogP contribution in [0.5, 0.6) is 0 Å². The minimum absolute atomic E-state index is 0.0300. The van der Waals surface area contributed by atoms with Crippen LogP contribution in [0.2, 0.25) is 0 Å². The third-order valence-electron chi connectivity index (χ3n) is 1.60. The molecule has 13 heavy (non-hydrogen) atoms. The molecule has 3 nitrogen and oxygen atoms in total. The molecule has 0 spiro atoms. The lowest BCUT2D eigenvalue weighted by Crippen LogP contribution is -2.48. The van der Waals surface area contributed by atoms with Gasteiger partial charge in [-0.2, -0.15) is 10.2 Å². The van der Waals surface area contributed by atoms with Crippen molar-refractivity contribution in [3.05, 3.63) is 0 Å². The standard InChI is InChI=1S/C6H9Cl3FN3/c1-4(2)13-5(6(7,8)9)12(10)3-11-13/h3-5H,1-2H3. The molecule has 0 amide bonds. The molecule has 1 rings (SSSR count). The van der Waals surface area contributed by atoms with Gasteiger partial charge in [0.05, 0.1) is 0 Å². The molecule has 0 bridgehead atoms. The van der Waals surface area contributed by atoms with E-state index in [9.17, 15) is 4.48 Å². The van der Waals surface area contributed by atoms with Gasteiger partial charge in [0.1, 0.15) is 6.34 Å². The molecule has 0 radical (unpaired) electrons. The first-order valence-corrected chi connectivity index (χ1v) is 4.80. The molecule has 0 aromatic heterocycles. The lowest BCUT2D eigenvalue weighted by atomic mass is 10.3. The Hall–Kier alpha value is 0.0700. The Bertz CT molecular complexity index is 216. The Morgan fingerprint density at radius 1 is 1.46 bits per heavy atom. The highest BCUT2D eigenvalue weighted by Crippen LogP contribution is 2.38. The van der Waals surface area contributed by atoms with Gasteiger partial charge in [-0.25, -0.2) is 0 Å². The minimum atomic E-state index is -1.73. The zero-order valence-corrected chi connectivity index (χ0v) is 9.35. The average Bonchev–Trinajstić information content (AvgIpc) is 2.28. The van der Waals surface area contributed by atoms with Crippen molar-refractivity contribution in [2.24, 2.45) is 5.10 Å². The summed E-state index contributed by atoms with van der Waals surface area (Å²) in [5.74, 6) is 0. The fraction of sp³-hybridized carbons (Fsp3) is 0.833. The fourth-order valence-electron chi connectivity index (χ4n) is 1.05. The molecule has 0 aromatic rings. The summed E-state index contributed by atoms with van der Waals surface area (Å²) in [6, 6.07) is -0.0300. The summed E-state index contributed by atoms with van der Waals surface area (Å²) in [7, 11) is 0. The van der Waals surface area contributed by atoms with Crippen molar-refractivity contribution < 1.29 is 4.48 Å².